The SMILES string of the molecule is CCCCOc1c(I)cc(Br)cc1C=NNc1nc(N)cs1. The molecule has 2 aromatic rings. The number of nitrogens with two attached hydrogens (primary N) is 1. The van der Waals surface area contributed by atoms with Crippen LogP contribution in [0.3, 0.4) is 0 Å². The number of ether oxygens (including phenoxy) is 1. The molecule has 0 unspecified atom stereocenters. The maximum atomic E-state index is 5.89. The van der Waals surface area contributed by atoms with Crippen LogP contribution in [0.2, 0.25) is 0 Å². The standard InChI is InChI=1S/C14H16BrIN4OS/c1-2-3-4-21-13-9(5-10(15)6-11(13)16)7-18-20-14-19-12(17)8-22-14/h5-8H,2-4,17H2,1H3,(H,19,20). The van der Waals surface area contributed by atoms with E-state index in [0.29, 0.717) is 17.6 Å². The fourth-order valence-electron chi connectivity index (χ4n) is 1.64. The molecule has 2 rings (SSSR count). The second kappa shape index (κ2) is 8.68. The first kappa shape index (κ1) is 17.5. The Morgan fingerprint density at radius 1 is 1.55 bits per heavy atom. The second-order valence-corrected chi connectivity index (χ2v) is 7.39. The lowest BCUT2D eigenvalue weighted by Gasteiger charge is -2.11. The molecule has 0 bridgehead atoms. The van der Waals surface area contributed by atoms with Crippen LogP contribution in [0.5, 0.6) is 5.75 Å². The Morgan fingerprint density at radius 3 is 3.05 bits per heavy atom. The van der Waals surface area contributed by atoms with Crippen LogP contribution < -0.4 is 15.9 Å². The molecule has 1 aromatic heterocycles. The summed E-state index contributed by atoms with van der Waals surface area (Å²) in [6, 6.07) is 4.00. The molecule has 0 fully saturated rings. The third kappa shape index (κ3) is 5.10. The van der Waals surface area contributed by atoms with Crippen molar-refractivity contribution in [2.75, 3.05) is 17.8 Å². The first-order valence-corrected chi connectivity index (χ1v) is 9.47. The molecular formula is C14H16BrIN4OS. The molecule has 5 nitrogen and oxygen atoms in total. The van der Waals surface area contributed by atoms with Gasteiger partial charge in [-0.1, -0.05) is 29.3 Å². The van der Waals surface area contributed by atoms with Crippen LogP contribution >= 0.6 is 49.9 Å². The van der Waals surface area contributed by atoms with Gasteiger partial charge in [-0.3, -0.25) is 5.43 Å². The van der Waals surface area contributed by atoms with E-state index in [1.165, 1.54) is 11.3 Å². The lowest BCUT2D eigenvalue weighted by Crippen LogP contribution is -2.02. The number of aromatic nitrogens is 1. The first-order chi connectivity index (χ1) is 10.6. The summed E-state index contributed by atoms with van der Waals surface area (Å²) in [6.07, 6.45) is 3.86. The quantitative estimate of drug-likeness (QED) is 0.253. The van der Waals surface area contributed by atoms with Crippen molar-refractivity contribution in [2.24, 2.45) is 5.10 Å². The molecule has 0 aliphatic carbocycles. The minimum atomic E-state index is 0.489. The van der Waals surface area contributed by atoms with Gasteiger partial charge in [0.25, 0.3) is 0 Å². The van der Waals surface area contributed by atoms with Gasteiger partial charge in [-0.25, -0.2) is 4.98 Å². The van der Waals surface area contributed by atoms with Crippen LogP contribution in [0.4, 0.5) is 10.9 Å². The monoisotopic (exact) mass is 494 g/mol. The van der Waals surface area contributed by atoms with Crippen LogP contribution in [-0.2, 0) is 0 Å². The Balaban J connectivity index is 2.13. The van der Waals surface area contributed by atoms with Gasteiger partial charge >= 0.3 is 0 Å². The summed E-state index contributed by atoms with van der Waals surface area (Å²) in [5.74, 6) is 1.34. The molecule has 1 aromatic carbocycles. The second-order valence-electron chi connectivity index (χ2n) is 4.46. The van der Waals surface area contributed by atoms with Crippen molar-refractivity contribution in [1.82, 2.24) is 4.98 Å². The predicted molar refractivity (Wildman–Crippen MR) is 105 cm³/mol. The number of rotatable bonds is 7. The summed E-state index contributed by atoms with van der Waals surface area (Å²) in [5, 5.41) is 6.63. The Hall–Kier alpha value is -0.870. The molecule has 118 valence electrons. The zero-order valence-corrected chi connectivity index (χ0v) is 16.5. The van der Waals surface area contributed by atoms with Crippen molar-refractivity contribution in [3.8, 4) is 5.75 Å². The Morgan fingerprint density at radius 2 is 2.36 bits per heavy atom. The Bertz CT molecular complexity index is 662. The molecule has 0 radical (unpaired) electrons. The molecule has 0 saturated carbocycles. The van der Waals surface area contributed by atoms with Gasteiger partial charge in [0.05, 0.1) is 16.4 Å². The van der Waals surface area contributed by atoms with Crippen LogP contribution in [0.25, 0.3) is 0 Å². The Labute approximate surface area is 155 Å². The lowest BCUT2D eigenvalue weighted by atomic mass is 10.2. The summed E-state index contributed by atoms with van der Waals surface area (Å²) in [7, 11) is 0. The van der Waals surface area contributed by atoms with Gasteiger partial charge < -0.3 is 10.5 Å². The molecular weight excluding hydrogens is 479 g/mol. The summed E-state index contributed by atoms with van der Waals surface area (Å²) in [4.78, 5) is 4.09. The predicted octanol–water partition coefficient (Wildman–Crippen LogP) is 4.72. The number of unbranched alkanes of at least 4 members (excludes halogenated alkanes) is 1. The fourth-order valence-corrected chi connectivity index (χ4v) is 3.90. The zero-order valence-electron chi connectivity index (χ0n) is 12.0. The number of halogens is 2. The van der Waals surface area contributed by atoms with E-state index in [9.17, 15) is 0 Å². The van der Waals surface area contributed by atoms with Crippen molar-refractivity contribution in [1.29, 1.82) is 0 Å². The van der Waals surface area contributed by atoms with Gasteiger partial charge in [0, 0.05) is 15.4 Å². The highest BCUT2D eigenvalue weighted by Gasteiger charge is 2.09. The number of hydrogen-bond acceptors (Lipinski definition) is 6. The molecule has 0 atom stereocenters. The van der Waals surface area contributed by atoms with Crippen LogP contribution in [0.1, 0.15) is 25.3 Å². The van der Waals surface area contributed by atoms with E-state index in [1.807, 2.05) is 12.1 Å². The van der Waals surface area contributed by atoms with Crippen molar-refractivity contribution < 1.29 is 4.74 Å². The maximum Gasteiger partial charge on any atom is 0.205 e. The van der Waals surface area contributed by atoms with E-state index in [4.69, 9.17) is 10.5 Å². The van der Waals surface area contributed by atoms with Gasteiger partial charge in [0.2, 0.25) is 5.13 Å². The topological polar surface area (TPSA) is 72.5 Å². The molecule has 1 heterocycles. The maximum absolute atomic E-state index is 5.89. The van der Waals surface area contributed by atoms with Crippen LogP contribution in [-0.4, -0.2) is 17.8 Å². The molecule has 0 aliphatic heterocycles. The largest absolute Gasteiger partial charge is 0.492 e. The van der Waals surface area contributed by atoms with Gasteiger partial charge in [-0.15, -0.1) is 11.3 Å². The average molecular weight is 495 g/mol. The van der Waals surface area contributed by atoms with Gasteiger partial charge in [-0.05, 0) is 41.1 Å². The number of hydrazone groups is 1. The number of benzene rings is 1. The molecule has 0 spiro atoms. The van der Waals surface area contributed by atoms with E-state index in [-0.39, 0.29) is 0 Å². The van der Waals surface area contributed by atoms with Crippen molar-refractivity contribution >= 4 is 67.0 Å². The van der Waals surface area contributed by atoms with E-state index in [2.05, 4.69) is 61.0 Å². The molecule has 0 aliphatic rings. The number of thiazole rings is 1. The smallest absolute Gasteiger partial charge is 0.205 e. The number of nitrogen functional groups attached to an aromatic ring is 1. The Kier molecular flexibility index (Phi) is 6.90. The number of nitrogens with one attached hydrogen (secondary N) is 1. The van der Waals surface area contributed by atoms with Crippen LogP contribution in [0.15, 0.2) is 27.1 Å². The van der Waals surface area contributed by atoms with E-state index < -0.39 is 0 Å². The lowest BCUT2D eigenvalue weighted by molar-refractivity contribution is 0.307. The van der Waals surface area contributed by atoms with Crippen LogP contribution in [0, 0.1) is 3.57 Å². The van der Waals surface area contributed by atoms with Crippen molar-refractivity contribution in [2.45, 2.75) is 19.8 Å². The normalized spacial score (nSPS) is 11.0. The summed E-state index contributed by atoms with van der Waals surface area (Å²) >= 11 is 7.18. The highest BCUT2D eigenvalue weighted by molar-refractivity contribution is 14.1. The van der Waals surface area contributed by atoms with Gasteiger partial charge in [0.1, 0.15) is 11.6 Å². The van der Waals surface area contributed by atoms with E-state index in [0.717, 1.165) is 32.2 Å². The molecule has 0 saturated heterocycles. The third-order valence-electron chi connectivity index (χ3n) is 2.67. The first-order valence-electron chi connectivity index (χ1n) is 6.72. The van der Waals surface area contributed by atoms with Crippen molar-refractivity contribution in [3.63, 3.8) is 0 Å². The number of anilines is 2. The highest BCUT2D eigenvalue weighted by Crippen LogP contribution is 2.29. The molecule has 8 heteroatoms. The molecule has 3 N–H and O–H groups in total. The number of hydrogen-bond donors (Lipinski definition) is 2. The average Bonchev–Trinajstić information content (AvgIpc) is 2.87. The van der Waals surface area contributed by atoms with Gasteiger partial charge in [-0.2, -0.15) is 5.10 Å². The molecule has 0 amide bonds. The number of nitrogens with zero attached hydrogens (tertiary/aromatic N) is 2. The minimum absolute atomic E-state index is 0.489. The summed E-state index contributed by atoms with van der Waals surface area (Å²) in [6.45, 7) is 2.84. The highest BCUT2D eigenvalue weighted by atomic mass is 127. The zero-order chi connectivity index (χ0) is 15.9. The van der Waals surface area contributed by atoms with E-state index in [1.54, 1.807) is 11.6 Å². The molecule has 22 heavy (non-hydrogen) atoms. The summed E-state index contributed by atoms with van der Waals surface area (Å²) < 4.78 is 7.92. The van der Waals surface area contributed by atoms with E-state index >= 15 is 0 Å². The fraction of sp³-hybridized carbons (Fsp3) is 0.286. The van der Waals surface area contributed by atoms with Crippen molar-refractivity contribution in [3.05, 3.63) is 31.1 Å². The summed E-state index contributed by atoms with van der Waals surface area (Å²) in [5.41, 5.74) is 9.35. The third-order valence-corrected chi connectivity index (χ3v) is 4.69. The van der Waals surface area contributed by atoms with Gasteiger partial charge in [0.15, 0.2) is 0 Å². The minimum Gasteiger partial charge on any atom is -0.492 e.